The number of hydrogen-bond donors (Lipinski definition) is 1. The van der Waals surface area contributed by atoms with Gasteiger partial charge in [0.2, 0.25) is 11.8 Å². The van der Waals surface area contributed by atoms with E-state index in [0.29, 0.717) is 13.1 Å². The first-order chi connectivity index (χ1) is 9.51. The fourth-order valence-corrected chi connectivity index (χ4v) is 2.95. The second-order valence-corrected chi connectivity index (χ2v) is 5.80. The largest absolute Gasteiger partial charge is 0.477 e. The molecular formula is C13H16N2O4S. The van der Waals surface area contributed by atoms with Crippen LogP contribution in [0.3, 0.4) is 0 Å². The van der Waals surface area contributed by atoms with E-state index in [2.05, 4.69) is 0 Å². The summed E-state index contributed by atoms with van der Waals surface area (Å²) < 4.78 is 0. The summed E-state index contributed by atoms with van der Waals surface area (Å²) in [5, 5.41) is 8.86. The van der Waals surface area contributed by atoms with Crippen molar-refractivity contribution < 1.29 is 19.5 Å². The number of amides is 2. The smallest absolute Gasteiger partial charge is 0.345 e. The quantitative estimate of drug-likeness (QED) is 0.880. The van der Waals surface area contributed by atoms with Crippen molar-refractivity contribution in [1.29, 1.82) is 0 Å². The first kappa shape index (κ1) is 14.5. The molecule has 0 aliphatic carbocycles. The molecule has 2 amide bonds. The van der Waals surface area contributed by atoms with Crippen LogP contribution in [-0.2, 0) is 16.1 Å². The van der Waals surface area contributed by atoms with E-state index in [-0.39, 0.29) is 29.8 Å². The van der Waals surface area contributed by atoms with Gasteiger partial charge in [-0.15, -0.1) is 11.3 Å². The van der Waals surface area contributed by atoms with Gasteiger partial charge in [0.1, 0.15) is 11.4 Å². The average Bonchev–Trinajstić information content (AvgIpc) is 2.84. The number of nitrogens with zero attached hydrogens (tertiary/aromatic N) is 2. The van der Waals surface area contributed by atoms with Gasteiger partial charge in [-0.1, -0.05) is 6.92 Å². The van der Waals surface area contributed by atoms with Gasteiger partial charge in [0.15, 0.2) is 0 Å². The molecule has 0 atom stereocenters. The number of carbonyl (C=O) groups is 3. The maximum atomic E-state index is 12.0. The molecule has 0 saturated carbocycles. The zero-order valence-corrected chi connectivity index (χ0v) is 12.0. The van der Waals surface area contributed by atoms with Crippen LogP contribution in [0.2, 0.25) is 0 Å². The number of carbonyl (C=O) groups excluding carboxylic acids is 2. The summed E-state index contributed by atoms with van der Waals surface area (Å²) in [6.45, 7) is 3.04. The molecule has 1 N–H and O–H groups in total. The second-order valence-electron chi connectivity index (χ2n) is 4.64. The van der Waals surface area contributed by atoms with Gasteiger partial charge in [0, 0.05) is 11.4 Å². The van der Waals surface area contributed by atoms with E-state index in [9.17, 15) is 14.4 Å². The van der Waals surface area contributed by atoms with E-state index in [1.54, 1.807) is 11.0 Å². The minimum atomic E-state index is -0.976. The molecule has 6 nitrogen and oxygen atoms in total. The minimum absolute atomic E-state index is 0.0542. The molecule has 1 saturated heterocycles. The SMILES string of the molecule is CCCN1CC(=O)N(Cc2ccc(C(=O)O)s2)CC1=O. The second kappa shape index (κ2) is 6.04. The van der Waals surface area contributed by atoms with Crippen LogP contribution in [0.1, 0.15) is 27.9 Å². The van der Waals surface area contributed by atoms with Gasteiger partial charge < -0.3 is 14.9 Å². The molecule has 1 aliphatic rings. The fourth-order valence-electron chi connectivity index (χ4n) is 2.09. The lowest BCUT2D eigenvalue weighted by molar-refractivity contribution is -0.150. The molecule has 20 heavy (non-hydrogen) atoms. The Hall–Kier alpha value is -1.89. The van der Waals surface area contributed by atoms with Gasteiger partial charge in [0.25, 0.3) is 0 Å². The predicted octanol–water partition coefficient (Wildman–Crippen LogP) is 1.03. The van der Waals surface area contributed by atoms with Crippen LogP contribution in [0.5, 0.6) is 0 Å². The maximum absolute atomic E-state index is 12.0. The Balaban J connectivity index is 2.01. The highest BCUT2D eigenvalue weighted by molar-refractivity contribution is 7.13. The predicted molar refractivity (Wildman–Crippen MR) is 73.6 cm³/mol. The van der Waals surface area contributed by atoms with Gasteiger partial charge in [-0.05, 0) is 18.6 Å². The van der Waals surface area contributed by atoms with Crippen molar-refractivity contribution in [3.63, 3.8) is 0 Å². The Morgan fingerprint density at radius 2 is 1.90 bits per heavy atom. The number of carboxylic acids is 1. The van der Waals surface area contributed by atoms with E-state index in [0.717, 1.165) is 22.6 Å². The molecule has 0 bridgehead atoms. The summed E-state index contributed by atoms with van der Waals surface area (Å²) in [6, 6.07) is 3.20. The zero-order chi connectivity index (χ0) is 14.7. The van der Waals surface area contributed by atoms with Crippen molar-refractivity contribution in [2.45, 2.75) is 19.9 Å². The highest BCUT2D eigenvalue weighted by atomic mass is 32.1. The molecule has 1 aliphatic heterocycles. The third-order valence-electron chi connectivity index (χ3n) is 3.07. The Bertz CT molecular complexity index is 540. The van der Waals surface area contributed by atoms with Crippen LogP contribution in [0.25, 0.3) is 0 Å². The summed E-state index contributed by atoms with van der Waals surface area (Å²) in [5.41, 5.74) is 0. The first-order valence-corrected chi connectivity index (χ1v) is 7.20. The topological polar surface area (TPSA) is 77.9 Å². The monoisotopic (exact) mass is 296 g/mol. The molecule has 1 aromatic rings. The van der Waals surface area contributed by atoms with Crippen LogP contribution >= 0.6 is 11.3 Å². The lowest BCUT2D eigenvalue weighted by Crippen LogP contribution is -2.53. The fraction of sp³-hybridized carbons (Fsp3) is 0.462. The van der Waals surface area contributed by atoms with Gasteiger partial charge in [-0.2, -0.15) is 0 Å². The number of aromatic carboxylic acids is 1. The Morgan fingerprint density at radius 1 is 1.25 bits per heavy atom. The summed E-state index contributed by atoms with van der Waals surface area (Å²) in [4.78, 5) is 38.7. The zero-order valence-electron chi connectivity index (χ0n) is 11.2. The van der Waals surface area contributed by atoms with Crippen LogP contribution in [0, 0.1) is 0 Å². The van der Waals surface area contributed by atoms with Crippen molar-refractivity contribution in [2.75, 3.05) is 19.6 Å². The molecule has 0 aromatic carbocycles. The Kier molecular flexibility index (Phi) is 4.39. The van der Waals surface area contributed by atoms with Gasteiger partial charge in [0.05, 0.1) is 13.1 Å². The van der Waals surface area contributed by atoms with E-state index in [1.807, 2.05) is 6.92 Å². The van der Waals surface area contributed by atoms with Gasteiger partial charge in [-0.25, -0.2) is 4.79 Å². The average molecular weight is 296 g/mol. The lowest BCUT2D eigenvalue weighted by Gasteiger charge is -2.33. The van der Waals surface area contributed by atoms with E-state index >= 15 is 0 Å². The lowest BCUT2D eigenvalue weighted by atomic mass is 10.2. The van der Waals surface area contributed by atoms with Crippen molar-refractivity contribution >= 4 is 29.1 Å². The van der Waals surface area contributed by atoms with Crippen molar-refractivity contribution in [3.05, 3.63) is 21.9 Å². The van der Waals surface area contributed by atoms with Crippen molar-refractivity contribution in [1.82, 2.24) is 9.80 Å². The number of carboxylic acid groups (broad SMARTS) is 1. The van der Waals surface area contributed by atoms with Crippen LogP contribution in [0.4, 0.5) is 0 Å². The van der Waals surface area contributed by atoms with Crippen LogP contribution < -0.4 is 0 Å². The standard InChI is InChI=1S/C13H16N2O4S/c1-2-5-14-7-12(17)15(8-11(14)16)6-9-3-4-10(20-9)13(18)19/h3-4H,2,5-8H2,1H3,(H,18,19). The summed E-state index contributed by atoms with van der Waals surface area (Å²) in [7, 11) is 0. The van der Waals surface area contributed by atoms with E-state index < -0.39 is 5.97 Å². The highest BCUT2D eigenvalue weighted by Crippen LogP contribution is 2.19. The molecule has 0 spiro atoms. The maximum Gasteiger partial charge on any atom is 0.345 e. The molecular weight excluding hydrogens is 280 g/mol. The van der Waals surface area contributed by atoms with Gasteiger partial charge in [-0.3, -0.25) is 9.59 Å². The van der Waals surface area contributed by atoms with Gasteiger partial charge >= 0.3 is 5.97 Å². The highest BCUT2D eigenvalue weighted by Gasteiger charge is 2.29. The molecule has 1 aromatic heterocycles. The first-order valence-electron chi connectivity index (χ1n) is 6.38. The van der Waals surface area contributed by atoms with E-state index in [1.165, 1.54) is 11.0 Å². The third kappa shape index (κ3) is 3.16. The third-order valence-corrected chi connectivity index (χ3v) is 4.13. The van der Waals surface area contributed by atoms with Crippen molar-refractivity contribution in [2.24, 2.45) is 0 Å². The summed E-state index contributed by atoms with van der Waals surface area (Å²) >= 11 is 1.13. The van der Waals surface area contributed by atoms with Crippen molar-refractivity contribution in [3.8, 4) is 0 Å². The Labute approximate surface area is 120 Å². The normalized spacial score (nSPS) is 15.8. The number of piperazine rings is 1. The number of thiophene rings is 1. The van der Waals surface area contributed by atoms with Crippen LogP contribution in [0.15, 0.2) is 12.1 Å². The van der Waals surface area contributed by atoms with Crippen LogP contribution in [-0.4, -0.2) is 52.3 Å². The molecule has 108 valence electrons. The molecule has 0 radical (unpaired) electrons. The molecule has 0 unspecified atom stereocenters. The summed E-state index contributed by atoms with van der Waals surface area (Å²) in [5.74, 6) is -1.12. The number of hydrogen-bond acceptors (Lipinski definition) is 4. The Morgan fingerprint density at radius 3 is 2.50 bits per heavy atom. The summed E-state index contributed by atoms with van der Waals surface area (Å²) in [6.07, 6.45) is 0.825. The molecule has 2 heterocycles. The van der Waals surface area contributed by atoms with E-state index in [4.69, 9.17) is 5.11 Å². The molecule has 1 fully saturated rings. The number of rotatable bonds is 5. The molecule has 2 rings (SSSR count). The molecule has 7 heteroatoms. The minimum Gasteiger partial charge on any atom is -0.477 e.